The first-order valence-electron chi connectivity index (χ1n) is 23.5. The number of ketones is 1. The van der Waals surface area contributed by atoms with Gasteiger partial charge in [-0.25, -0.2) is 22.4 Å². The molecule has 10 rings (SSSR count). The number of para-hydroxylation sites is 1. The molecule has 6 heterocycles. The number of rotatable bonds is 9. The Kier molecular flexibility index (Phi) is 19.0. The Bertz CT molecular complexity index is 3610. The van der Waals surface area contributed by atoms with E-state index in [0.29, 0.717) is 47.6 Å². The number of nitrogen functional groups attached to an aromatic ring is 1. The molecule has 4 aromatic heterocycles. The molecule has 4 aromatic carbocycles. The smallest absolute Gasteiger partial charge is 0.345 e. The summed E-state index contributed by atoms with van der Waals surface area (Å²) < 4.78 is 52.5. The van der Waals surface area contributed by atoms with Crippen molar-refractivity contribution in [3.05, 3.63) is 212 Å². The molecule has 0 saturated carbocycles. The average Bonchev–Trinajstić information content (AvgIpc) is 4.45. The van der Waals surface area contributed by atoms with E-state index in [1.54, 1.807) is 21.9 Å². The van der Waals surface area contributed by atoms with Gasteiger partial charge in [-0.1, -0.05) is 23.7 Å². The summed E-state index contributed by atoms with van der Waals surface area (Å²) in [6.07, 6.45) is 0.645. The van der Waals surface area contributed by atoms with Crippen LogP contribution in [-0.2, 0) is 19.3 Å². The Hall–Kier alpha value is -8.09. The molecule has 15 nitrogen and oxygen atoms in total. The highest BCUT2D eigenvalue weighted by atomic mass is 35.5. The lowest BCUT2D eigenvalue weighted by atomic mass is 10.1. The monoisotopic (exact) mass is 1170 g/mol. The summed E-state index contributed by atoms with van der Waals surface area (Å²) in [5.74, 6) is -4.77. The fourth-order valence-corrected chi connectivity index (χ4v) is 12.4. The van der Waals surface area contributed by atoms with Crippen molar-refractivity contribution in [3.63, 3.8) is 0 Å². The molecule has 79 heavy (non-hydrogen) atoms. The molecular formula is C55H45ClF4N6O9S4. The lowest BCUT2D eigenvalue weighted by Gasteiger charge is -2.21. The minimum atomic E-state index is -0.954. The molecule has 2 aliphatic rings. The number of hydrogen-bond acceptors (Lipinski definition) is 14. The highest BCUT2D eigenvalue weighted by Gasteiger charge is 2.31. The summed E-state index contributed by atoms with van der Waals surface area (Å²) in [4.78, 5) is 80.4. The van der Waals surface area contributed by atoms with Crippen molar-refractivity contribution >= 4 is 109 Å². The van der Waals surface area contributed by atoms with Gasteiger partial charge in [0.2, 0.25) is 0 Å². The third kappa shape index (κ3) is 13.6. The summed E-state index contributed by atoms with van der Waals surface area (Å²) in [5, 5.41) is 35.5. The summed E-state index contributed by atoms with van der Waals surface area (Å²) in [6, 6.07) is 25.1. The summed E-state index contributed by atoms with van der Waals surface area (Å²) in [6.45, 7) is 4.73. The molecular weight excluding hydrogens is 1130 g/mol. The molecule has 2 aliphatic heterocycles. The third-order valence-corrected chi connectivity index (χ3v) is 17.2. The van der Waals surface area contributed by atoms with Crippen LogP contribution in [0.15, 0.2) is 131 Å². The third-order valence-electron chi connectivity index (χ3n) is 11.9. The van der Waals surface area contributed by atoms with Crippen molar-refractivity contribution in [2.45, 2.75) is 33.1 Å². The van der Waals surface area contributed by atoms with Crippen LogP contribution < -0.4 is 15.5 Å². The van der Waals surface area contributed by atoms with E-state index in [4.69, 9.17) is 17.3 Å². The topological polar surface area (TPSA) is 211 Å². The Morgan fingerprint density at radius 2 is 1.05 bits per heavy atom. The summed E-state index contributed by atoms with van der Waals surface area (Å²) in [7, 11) is 3.85. The van der Waals surface area contributed by atoms with Gasteiger partial charge in [0.05, 0.1) is 45.6 Å². The number of carboxylic acid groups (broad SMARTS) is 1. The van der Waals surface area contributed by atoms with Gasteiger partial charge >= 0.3 is 5.97 Å². The minimum absolute atomic E-state index is 0.0676. The van der Waals surface area contributed by atoms with Crippen LogP contribution in [0.25, 0.3) is 19.5 Å². The molecule has 0 radical (unpaired) electrons. The normalized spacial score (nSPS) is 11.9. The van der Waals surface area contributed by atoms with Crippen LogP contribution in [0.5, 0.6) is 0 Å². The number of hydrogen-bond donors (Lipinski definition) is 2. The molecule has 0 saturated heterocycles. The van der Waals surface area contributed by atoms with Crippen molar-refractivity contribution in [3.8, 4) is 19.5 Å². The predicted octanol–water partition coefficient (Wildman–Crippen LogP) is 14.2. The number of nitro benzene ring substituents is 2. The highest BCUT2D eigenvalue weighted by molar-refractivity contribution is 7.23. The van der Waals surface area contributed by atoms with Gasteiger partial charge in [0.1, 0.15) is 39.0 Å². The first-order chi connectivity index (χ1) is 37.6. The van der Waals surface area contributed by atoms with E-state index in [1.165, 1.54) is 106 Å². The zero-order valence-electron chi connectivity index (χ0n) is 42.1. The Balaban J connectivity index is 0.000000180. The lowest BCUT2D eigenvalue weighted by Crippen LogP contribution is -2.32. The minimum Gasteiger partial charge on any atom is -0.477 e. The van der Waals surface area contributed by atoms with Crippen LogP contribution in [0.1, 0.15) is 70.6 Å². The van der Waals surface area contributed by atoms with Gasteiger partial charge in [0.15, 0.2) is 5.78 Å². The molecule has 0 unspecified atom stereocenters. The van der Waals surface area contributed by atoms with Gasteiger partial charge in [-0.15, -0.1) is 45.3 Å². The Labute approximate surface area is 470 Å². The number of carboxylic acids is 1. The van der Waals surface area contributed by atoms with E-state index in [0.717, 1.165) is 71.3 Å². The number of nitro groups is 2. The number of thiophene rings is 4. The number of aromatic carboxylic acids is 1. The van der Waals surface area contributed by atoms with E-state index in [2.05, 4.69) is 0 Å². The summed E-state index contributed by atoms with van der Waals surface area (Å²) >= 11 is 11.1. The van der Waals surface area contributed by atoms with E-state index >= 15 is 0 Å². The number of non-ortho nitro benzene ring substituents is 2. The van der Waals surface area contributed by atoms with Gasteiger partial charge in [-0.3, -0.25) is 34.6 Å². The van der Waals surface area contributed by atoms with Crippen molar-refractivity contribution in [1.29, 1.82) is 0 Å². The van der Waals surface area contributed by atoms with Crippen LogP contribution in [0.2, 0.25) is 0 Å². The van der Waals surface area contributed by atoms with Crippen LogP contribution in [0, 0.1) is 43.5 Å². The zero-order chi connectivity index (χ0) is 57.4. The first kappa shape index (κ1) is 58.6. The van der Waals surface area contributed by atoms with Crippen molar-refractivity contribution in [2.24, 2.45) is 0 Å². The fraction of sp³-hybridized carbons (Fsp3) is 0.164. The number of anilines is 3. The molecule has 0 bridgehead atoms. The number of nitrogens with zero attached hydrogens (tertiary/aromatic N) is 5. The number of nitrogens with two attached hydrogens (primary N) is 1. The second kappa shape index (κ2) is 25.6. The number of carbonyl (C=O) groups is 4. The van der Waals surface area contributed by atoms with E-state index in [-0.39, 0.29) is 45.8 Å². The molecule has 0 aliphatic carbocycles. The number of carbonyl (C=O) groups excluding carboxylic acids is 3. The van der Waals surface area contributed by atoms with E-state index in [9.17, 15) is 62.1 Å². The van der Waals surface area contributed by atoms with Gasteiger partial charge < -0.3 is 25.5 Å². The van der Waals surface area contributed by atoms with Gasteiger partial charge in [0, 0.05) is 74.6 Å². The Morgan fingerprint density at radius 3 is 1.42 bits per heavy atom. The number of Topliss-reactive ketones (excluding diaryl/α,β-unsaturated/α-hetero) is 1. The second-order valence-corrected chi connectivity index (χ2v) is 21.9. The highest BCUT2D eigenvalue weighted by Crippen LogP contribution is 2.47. The largest absolute Gasteiger partial charge is 0.477 e. The molecule has 0 fully saturated rings. The number of allylic oxidation sites excluding steroid dienone is 1. The zero-order valence-corrected chi connectivity index (χ0v) is 46.2. The standard InChI is InChI=1S/C25H16F2N2O4S2.C18H12N2O5S2.C6H12ClN.C6H5F2N/c26-18-2-1-3-19(27)17(18)13-21(30)22-12-15-8-10-28(20-9-11-34-24(20)23(15)35-22)25(31)14-4-6-16(7-5-14)29(32)33;21-17(10-1-3-12(4-2-10)20(24)25)19-7-5-11-9-14(18(22)23)27-15(11)16-13(19)6-8-26-16;1-5(2)6(7)8(3)4;7-4-2-1-3-5(8)6(4)9/h1-7,9,11-12H,8,10,13H2;1-4,6,8-9H,5,7H2,(H,22,23);1-4H3;1-3H,9H2. The number of benzene rings is 4. The molecule has 0 spiro atoms. The van der Waals surface area contributed by atoms with Crippen LogP contribution in [0.3, 0.4) is 0 Å². The molecule has 2 amide bonds. The van der Waals surface area contributed by atoms with Crippen LogP contribution in [-0.4, -0.2) is 70.6 Å². The quantitative estimate of drug-likeness (QED) is 0.0347. The SMILES string of the molecule is CC(C)=C(Cl)N(C)C.Nc1c(F)cccc1F.O=C(Cc1c(F)cccc1F)c1cc2c(s1)-c1sccc1N(C(=O)c1ccc([N+](=O)[O-])cc1)CC2.O=C(O)c1cc2c(s1)-c1sccc1N(C(=O)c1ccc([N+](=O)[O-])cc1)CC2. The molecule has 3 N–H and O–H groups in total. The first-order valence-corrected chi connectivity index (χ1v) is 27.3. The number of halogens is 5. The van der Waals surface area contributed by atoms with Gasteiger partial charge in [-0.2, -0.15) is 0 Å². The molecule has 24 heteroatoms. The van der Waals surface area contributed by atoms with Gasteiger partial charge in [-0.05, 0) is 127 Å². The van der Waals surface area contributed by atoms with Crippen molar-refractivity contribution in [1.82, 2.24) is 4.90 Å². The molecule has 0 atom stereocenters. The fourth-order valence-electron chi connectivity index (χ4n) is 8.02. The van der Waals surface area contributed by atoms with Crippen molar-refractivity contribution < 1.29 is 51.7 Å². The molecule has 8 aromatic rings. The van der Waals surface area contributed by atoms with Crippen molar-refractivity contribution in [2.75, 3.05) is 42.7 Å². The Morgan fingerprint density at radius 1 is 0.646 bits per heavy atom. The maximum atomic E-state index is 14.0. The maximum absolute atomic E-state index is 14.0. The van der Waals surface area contributed by atoms with Crippen LogP contribution in [0.4, 0.5) is 46.0 Å². The lowest BCUT2D eigenvalue weighted by molar-refractivity contribution is -0.385. The predicted molar refractivity (Wildman–Crippen MR) is 302 cm³/mol. The van der Waals surface area contributed by atoms with E-state index in [1.807, 2.05) is 55.7 Å². The second-order valence-electron chi connectivity index (χ2n) is 17.6. The molecule has 408 valence electrons. The number of amides is 2. The number of fused-ring (bicyclic) bond motifs is 6. The maximum Gasteiger partial charge on any atom is 0.345 e. The van der Waals surface area contributed by atoms with Gasteiger partial charge in [0.25, 0.3) is 23.2 Å². The van der Waals surface area contributed by atoms with E-state index < -0.39 is 44.8 Å². The average molecular weight is 1170 g/mol. The van der Waals surface area contributed by atoms with Crippen LogP contribution >= 0.6 is 56.9 Å². The summed E-state index contributed by atoms with van der Waals surface area (Å²) in [5.41, 5.74) is 9.18.